The van der Waals surface area contributed by atoms with Crippen molar-refractivity contribution < 1.29 is 19.0 Å². The van der Waals surface area contributed by atoms with Gasteiger partial charge in [-0.1, -0.05) is 38.0 Å². The molecule has 2 atom stereocenters. The molecule has 2 rings (SSSR count). The van der Waals surface area contributed by atoms with Crippen LogP contribution in [0.2, 0.25) is 0 Å². The van der Waals surface area contributed by atoms with Gasteiger partial charge in [-0.05, 0) is 31.4 Å². The molecule has 1 amide bonds. The molecule has 1 aliphatic rings. The fourth-order valence-electron chi connectivity index (χ4n) is 2.93. The maximum absolute atomic E-state index is 14.3. The zero-order chi connectivity index (χ0) is 17.6. The number of carboxylic acid groups (broad SMARTS) is 1. The minimum atomic E-state index is -1.88. The molecular formula is C18H27FN2O3. The van der Waals surface area contributed by atoms with E-state index in [-0.39, 0.29) is 19.1 Å². The SMILES string of the molecule is CCCCCOc1ccccc1CC1CN(C(=O)O)C(C)(F)CN1. The molecule has 1 fully saturated rings. The third-order valence-corrected chi connectivity index (χ3v) is 4.35. The topological polar surface area (TPSA) is 61.8 Å². The van der Waals surface area contributed by atoms with Gasteiger partial charge in [0.05, 0.1) is 6.61 Å². The lowest BCUT2D eigenvalue weighted by molar-refractivity contribution is -0.0338. The van der Waals surface area contributed by atoms with Crippen molar-refractivity contribution in [2.75, 3.05) is 19.7 Å². The zero-order valence-corrected chi connectivity index (χ0v) is 14.4. The van der Waals surface area contributed by atoms with E-state index in [0.717, 1.165) is 35.5 Å². The molecule has 0 bridgehead atoms. The second-order valence-corrected chi connectivity index (χ2v) is 6.48. The van der Waals surface area contributed by atoms with Crippen LogP contribution in [0.5, 0.6) is 5.75 Å². The molecule has 0 aliphatic carbocycles. The average Bonchev–Trinajstić information content (AvgIpc) is 2.54. The number of ether oxygens (including phenoxy) is 1. The number of carbonyl (C=O) groups is 1. The number of rotatable bonds is 7. The molecule has 134 valence electrons. The molecule has 0 aromatic heterocycles. The van der Waals surface area contributed by atoms with Crippen molar-refractivity contribution in [3.05, 3.63) is 29.8 Å². The number of halogens is 1. The highest BCUT2D eigenvalue weighted by atomic mass is 19.1. The highest BCUT2D eigenvalue weighted by Gasteiger charge is 2.41. The van der Waals surface area contributed by atoms with E-state index in [1.165, 1.54) is 6.92 Å². The highest BCUT2D eigenvalue weighted by molar-refractivity contribution is 5.66. The van der Waals surface area contributed by atoms with Crippen LogP contribution < -0.4 is 10.1 Å². The molecule has 5 nitrogen and oxygen atoms in total. The van der Waals surface area contributed by atoms with E-state index in [0.29, 0.717) is 13.0 Å². The molecule has 1 saturated heterocycles. The van der Waals surface area contributed by atoms with Gasteiger partial charge in [-0.15, -0.1) is 0 Å². The number of hydrogen-bond donors (Lipinski definition) is 2. The number of nitrogens with zero attached hydrogens (tertiary/aromatic N) is 1. The Morgan fingerprint density at radius 1 is 1.46 bits per heavy atom. The van der Waals surface area contributed by atoms with Gasteiger partial charge in [0.1, 0.15) is 5.75 Å². The largest absolute Gasteiger partial charge is 0.493 e. The first-order valence-corrected chi connectivity index (χ1v) is 8.57. The average molecular weight is 338 g/mol. The number of benzene rings is 1. The van der Waals surface area contributed by atoms with Gasteiger partial charge in [-0.3, -0.25) is 4.90 Å². The molecule has 1 heterocycles. The molecule has 1 aromatic carbocycles. The first-order valence-electron chi connectivity index (χ1n) is 8.57. The van der Waals surface area contributed by atoms with Gasteiger partial charge in [-0.2, -0.15) is 0 Å². The monoisotopic (exact) mass is 338 g/mol. The number of piperazine rings is 1. The molecule has 0 radical (unpaired) electrons. The Hall–Kier alpha value is -1.82. The summed E-state index contributed by atoms with van der Waals surface area (Å²) < 4.78 is 20.1. The number of para-hydroxylation sites is 1. The normalized spacial score (nSPS) is 24.0. The smallest absolute Gasteiger partial charge is 0.409 e. The second kappa shape index (κ2) is 8.33. The standard InChI is InChI=1S/C18H27FN2O3/c1-3-4-7-10-24-16-9-6-5-8-14(16)11-15-12-21(17(22)23)18(2,19)13-20-15/h5-6,8-9,15,20H,3-4,7,10-13H2,1-2H3,(H,22,23). The van der Waals surface area contributed by atoms with Crippen LogP contribution in [-0.4, -0.2) is 47.6 Å². The fourth-order valence-corrected chi connectivity index (χ4v) is 2.93. The number of hydrogen-bond acceptors (Lipinski definition) is 3. The van der Waals surface area contributed by atoms with E-state index in [1.54, 1.807) is 0 Å². The van der Waals surface area contributed by atoms with Crippen molar-refractivity contribution in [1.29, 1.82) is 0 Å². The molecule has 1 aromatic rings. The molecular weight excluding hydrogens is 311 g/mol. The van der Waals surface area contributed by atoms with E-state index < -0.39 is 11.9 Å². The molecule has 24 heavy (non-hydrogen) atoms. The van der Waals surface area contributed by atoms with Gasteiger partial charge in [0.2, 0.25) is 0 Å². The molecule has 2 N–H and O–H groups in total. The molecule has 6 heteroatoms. The van der Waals surface area contributed by atoms with Crippen molar-refractivity contribution >= 4 is 6.09 Å². The Balaban J connectivity index is 1.99. The predicted octanol–water partition coefficient (Wildman–Crippen LogP) is 3.44. The summed E-state index contributed by atoms with van der Waals surface area (Å²) in [5.74, 6) is -1.05. The van der Waals surface area contributed by atoms with Crippen LogP contribution in [0.25, 0.3) is 0 Å². The summed E-state index contributed by atoms with van der Waals surface area (Å²) in [5, 5.41) is 12.3. The lowest BCUT2D eigenvalue weighted by atomic mass is 10.0. The Bertz CT molecular complexity index is 551. The van der Waals surface area contributed by atoms with Crippen molar-refractivity contribution in [2.45, 2.75) is 51.4 Å². The summed E-state index contributed by atoms with van der Waals surface area (Å²) in [6, 6.07) is 7.63. The lowest BCUT2D eigenvalue weighted by Gasteiger charge is -2.41. The van der Waals surface area contributed by atoms with Crippen molar-refractivity contribution in [3.63, 3.8) is 0 Å². The third-order valence-electron chi connectivity index (χ3n) is 4.35. The van der Waals surface area contributed by atoms with Gasteiger partial charge in [0.15, 0.2) is 5.79 Å². The quantitative estimate of drug-likeness (QED) is 0.591. The minimum absolute atomic E-state index is 0.0104. The molecule has 2 unspecified atom stereocenters. The van der Waals surface area contributed by atoms with Crippen LogP contribution in [0.3, 0.4) is 0 Å². The van der Waals surface area contributed by atoms with Crippen molar-refractivity contribution in [1.82, 2.24) is 10.2 Å². The Morgan fingerprint density at radius 2 is 2.21 bits per heavy atom. The predicted molar refractivity (Wildman–Crippen MR) is 91.2 cm³/mol. The summed E-state index contributed by atoms with van der Waals surface area (Å²) in [4.78, 5) is 12.1. The van der Waals surface area contributed by atoms with Crippen molar-refractivity contribution in [3.8, 4) is 5.75 Å². The fraction of sp³-hybridized carbons (Fsp3) is 0.611. The van der Waals surface area contributed by atoms with Crippen LogP contribution >= 0.6 is 0 Å². The number of alkyl halides is 1. The zero-order valence-electron chi connectivity index (χ0n) is 14.4. The summed E-state index contributed by atoms with van der Waals surface area (Å²) in [7, 11) is 0. The van der Waals surface area contributed by atoms with Crippen LogP contribution in [0.4, 0.5) is 9.18 Å². The van der Waals surface area contributed by atoms with E-state index in [9.17, 15) is 14.3 Å². The Labute approximate surface area is 142 Å². The third kappa shape index (κ3) is 4.84. The van der Waals surface area contributed by atoms with Crippen LogP contribution in [0, 0.1) is 0 Å². The summed E-state index contributed by atoms with van der Waals surface area (Å²) in [6.07, 6.45) is 2.66. The summed E-state index contributed by atoms with van der Waals surface area (Å²) >= 11 is 0. The first-order chi connectivity index (χ1) is 11.4. The molecule has 0 spiro atoms. The Morgan fingerprint density at radius 3 is 2.92 bits per heavy atom. The number of amides is 1. The Kier molecular flexibility index (Phi) is 6.43. The van der Waals surface area contributed by atoms with E-state index in [4.69, 9.17) is 4.74 Å². The lowest BCUT2D eigenvalue weighted by Crippen LogP contribution is -2.63. The van der Waals surface area contributed by atoms with Gasteiger partial charge in [0, 0.05) is 19.1 Å². The first kappa shape index (κ1) is 18.5. The van der Waals surface area contributed by atoms with Crippen LogP contribution in [-0.2, 0) is 6.42 Å². The summed E-state index contributed by atoms with van der Waals surface area (Å²) in [6.45, 7) is 4.22. The van der Waals surface area contributed by atoms with Gasteiger partial charge in [0.25, 0.3) is 0 Å². The van der Waals surface area contributed by atoms with E-state index in [2.05, 4.69) is 12.2 Å². The van der Waals surface area contributed by atoms with Gasteiger partial charge in [-0.25, -0.2) is 9.18 Å². The van der Waals surface area contributed by atoms with E-state index in [1.807, 2.05) is 24.3 Å². The van der Waals surface area contributed by atoms with E-state index >= 15 is 0 Å². The number of unbranched alkanes of at least 4 members (excludes halogenated alkanes) is 2. The second-order valence-electron chi connectivity index (χ2n) is 6.48. The minimum Gasteiger partial charge on any atom is -0.493 e. The summed E-state index contributed by atoms with van der Waals surface area (Å²) in [5.41, 5.74) is 1.01. The van der Waals surface area contributed by atoms with Gasteiger partial charge < -0.3 is 15.2 Å². The maximum Gasteiger partial charge on any atom is 0.409 e. The maximum atomic E-state index is 14.3. The highest BCUT2D eigenvalue weighted by Crippen LogP contribution is 2.25. The number of nitrogens with one attached hydrogen (secondary N) is 1. The van der Waals surface area contributed by atoms with Crippen LogP contribution in [0.15, 0.2) is 24.3 Å². The van der Waals surface area contributed by atoms with Gasteiger partial charge >= 0.3 is 6.09 Å². The van der Waals surface area contributed by atoms with Crippen molar-refractivity contribution in [2.24, 2.45) is 0 Å². The van der Waals surface area contributed by atoms with Crippen LogP contribution in [0.1, 0.15) is 38.7 Å². The molecule has 1 aliphatic heterocycles. The molecule has 0 saturated carbocycles.